The van der Waals surface area contributed by atoms with Crippen molar-refractivity contribution in [2.45, 2.75) is 0 Å². The minimum Gasteiger partial charge on any atom is -0.618 e. The Bertz CT molecular complexity index is 2160. The van der Waals surface area contributed by atoms with E-state index < -0.39 is 0 Å². The number of nitrogens with zero attached hydrogens (tertiary/aromatic N) is 2. The van der Waals surface area contributed by atoms with Crippen molar-refractivity contribution in [3.63, 3.8) is 0 Å². The highest BCUT2D eigenvalue weighted by molar-refractivity contribution is 6.36. The van der Waals surface area contributed by atoms with E-state index in [4.69, 9.17) is 0 Å². The summed E-state index contributed by atoms with van der Waals surface area (Å²) in [7, 11) is 0. The third kappa shape index (κ3) is 2.77. The Morgan fingerprint density at radius 2 is 1.00 bits per heavy atom. The first-order valence-electron chi connectivity index (χ1n) is 12.4. The molecule has 0 spiro atoms. The molecule has 0 aliphatic carbocycles. The first-order valence-corrected chi connectivity index (χ1v) is 12.4. The van der Waals surface area contributed by atoms with Crippen LogP contribution in [0.2, 0.25) is 0 Å². The van der Waals surface area contributed by atoms with Crippen LogP contribution in [0.5, 0.6) is 0 Å². The van der Waals surface area contributed by atoms with Gasteiger partial charge in [0.25, 0.3) is 0 Å². The number of pyridine rings is 2. The molecule has 0 atom stereocenters. The fourth-order valence-corrected chi connectivity index (χ4v) is 6.04. The highest BCUT2D eigenvalue weighted by atomic mass is 16.5. The van der Waals surface area contributed by atoms with E-state index in [1.165, 1.54) is 32.3 Å². The van der Waals surface area contributed by atoms with Gasteiger partial charge in [0, 0.05) is 23.0 Å². The quantitative estimate of drug-likeness (QED) is 0.137. The molecule has 6 aromatic carbocycles. The van der Waals surface area contributed by atoms with E-state index >= 15 is 0 Å². The molecular formula is C34H20N2O. The van der Waals surface area contributed by atoms with Gasteiger partial charge in [-0.25, -0.2) is 4.98 Å². The van der Waals surface area contributed by atoms with Gasteiger partial charge in [0.05, 0.1) is 5.39 Å². The number of benzene rings is 6. The molecule has 0 aliphatic rings. The van der Waals surface area contributed by atoms with Crippen molar-refractivity contribution in [3.8, 4) is 11.4 Å². The average Bonchev–Trinajstić information content (AvgIpc) is 2.97. The van der Waals surface area contributed by atoms with E-state index in [2.05, 4.69) is 83.8 Å². The maximum absolute atomic E-state index is 14.1. The minimum absolute atomic E-state index is 0.549. The maximum Gasteiger partial charge on any atom is 0.242 e. The predicted octanol–water partition coefficient (Wildman–Crippen LogP) is 8.30. The van der Waals surface area contributed by atoms with E-state index in [1.807, 2.05) is 36.4 Å². The van der Waals surface area contributed by atoms with E-state index in [0.717, 1.165) is 31.7 Å². The van der Waals surface area contributed by atoms with E-state index in [1.54, 1.807) is 6.20 Å². The molecule has 0 bridgehead atoms. The number of rotatable bonds is 1. The van der Waals surface area contributed by atoms with Crippen molar-refractivity contribution >= 4 is 64.8 Å². The second-order valence-electron chi connectivity index (χ2n) is 9.57. The molecule has 0 radical (unpaired) electrons. The maximum atomic E-state index is 14.1. The Labute approximate surface area is 212 Å². The van der Waals surface area contributed by atoms with Crippen LogP contribution in [-0.4, -0.2) is 4.98 Å². The monoisotopic (exact) mass is 472 g/mol. The van der Waals surface area contributed by atoms with Crippen molar-refractivity contribution in [1.29, 1.82) is 0 Å². The Morgan fingerprint density at radius 1 is 0.459 bits per heavy atom. The lowest BCUT2D eigenvalue weighted by Crippen LogP contribution is -2.30. The molecular weight excluding hydrogens is 452 g/mol. The fourth-order valence-electron chi connectivity index (χ4n) is 6.04. The van der Waals surface area contributed by atoms with E-state index in [-0.39, 0.29) is 0 Å². The molecule has 0 unspecified atom stereocenters. The molecule has 3 nitrogen and oxygen atoms in total. The molecule has 0 saturated heterocycles. The van der Waals surface area contributed by atoms with Crippen LogP contribution in [0.15, 0.2) is 121 Å². The Morgan fingerprint density at radius 3 is 1.70 bits per heavy atom. The second kappa shape index (κ2) is 7.49. The van der Waals surface area contributed by atoms with Crippen LogP contribution in [0.1, 0.15) is 0 Å². The summed E-state index contributed by atoms with van der Waals surface area (Å²) >= 11 is 0. The Kier molecular flexibility index (Phi) is 4.09. The molecule has 8 rings (SSSR count). The van der Waals surface area contributed by atoms with E-state index in [9.17, 15) is 5.21 Å². The zero-order chi connectivity index (χ0) is 24.5. The summed E-state index contributed by atoms with van der Waals surface area (Å²) in [6.07, 6.45) is 1.72. The fraction of sp³-hybridized carbons (Fsp3) is 0. The second-order valence-corrected chi connectivity index (χ2v) is 9.57. The van der Waals surface area contributed by atoms with Crippen LogP contribution in [0.3, 0.4) is 0 Å². The zero-order valence-electron chi connectivity index (χ0n) is 19.8. The van der Waals surface area contributed by atoms with Crippen LogP contribution in [0.4, 0.5) is 0 Å². The molecule has 0 amide bonds. The molecule has 0 fully saturated rings. The molecule has 2 aromatic heterocycles. The van der Waals surface area contributed by atoms with Crippen LogP contribution in [0, 0.1) is 5.21 Å². The normalized spacial score (nSPS) is 11.9. The average molecular weight is 473 g/mol. The highest BCUT2D eigenvalue weighted by Gasteiger charge is 2.20. The summed E-state index contributed by atoms with van der Waals surface area (Å²) in [5, 5.41) is 26.5. The summed E-state index contributed by atoms with van der Waals surface area (Å²) in [4.78, 5) is 4.46. The predicted molar refractivity (Wildman–Crippen MR) is 154 cm³/mol. The van der Waals surface area contributed by atoms with Crippen molar-refractivity contribution in [2.75, 3.05) is 0 Å². The SMILES string of the molecule is [O-][n+]1c(-c2ccccn2)ccc2ccc3ccc4ccc5c6ccccc6c6ccccc6c5c4c3c21. The lowest BCUT2D eigenvalue weighted by Gasteiger charge is -2.15. The van der Waals surface area contributed by atoms with E-state index in [0.29, 0.717) is 16.9 Å². The van der Waals surface area contributed by atoms with Crippen molar-refractivity contribution < 1.29 is 4.73 Å². The lowest BCUT2D eigenvalue weighted by molar-refractivity contribution is -0.564. The molecule has 172 valence electrons. The van der Waals surface area contributed by atoms with Gasteiger partial charge in [0.1, 0.15) is 5.69 Å². The summed E-state index contributed by atoms with van der Waals surface area (Å²) in [5.74, 6) is 0. The standard InChI is InChI=1S/C34H20N2O/c37-36-30(29-11-5-6-20-35-29)19-17-23-15-14-22-13-12-21-16-18-28-26-9-2-1-7-24(26)25-8-3-4-10-27(25)33(28)31(21)32(22)34(23)36/h1-20H. The number of hydrogen-bond acceptors (Lipinski definition) is 2. The van der Waals surface area contributed by atoms with Gasteiger partial charge in [0.15, 0.2) is 0 Å². The summed E-state index contributed by atoms with van der Waals surface area (Å²) in [5.41, 5.74) is 1.89. The van der Waals surface area contributed by atoms with Gasteiger partial charge < -0.3 is 5.21 Å². The molecule has 37 heavy (non-hydrogen) atoms. The number of fused-ring (bicyclic) bond motifs is 12. The largest absolute Gasteiger partial charge is 0.618 e. The first-order chi connectivity index (χ1) is 18.3. The number of hydrogen-bond donors (Lipinski definition) is 0. The third-order valence-electron chi connectivity index (χ3n) is 7.65. The molecule has 2 heterocycles. The van der Waals surface area contributed by atoms with Crippen LogP contribution < -0.4 is 4.73 Å². The highest BCUT2D eigenvalue weighted by Crippen LogP contribution is 2.42. The van der Waals surface area contributed by atoms with Gasteiger partial charge >= 0.3 is 0 Å². The van der Waals surface area contributed by atoms with Gasteiger partial charge in [-0.05, 0) is 67.4 Å². The van der Waals surface area contributed by atoms with Gasteiger partial charge in [-0.3, -0.25) is 0 Å². The Hall–Kier alpha value is -5.02. The number of aromatic nitrogens is 2. The van der Waals surface area contributed by atoms with Gasteiger partial charge in [-0.15, -0.1) is 0 Å². The smallest absolute Gasteiger partial charge is 0.242 e. The van der Waals surface area contributed by atoms with Crippen LogP contribution in [0.25, 0.3) is 76.2 Å². The first kappa shape index (κ1) is 20.2. The van der Waals surface area contributed by atoms with Crippen molar-refractivity contribution in [1.82, 2.24) is 4.98 Å². The topological polar surface area (TPSA) is 39.8 Å². The molecule has 0 saturated carbocycles. The summed E-state index contributed by atoms with van der Waals surface area (Å²) in [6, 6.07) is 39.7. The zero-order valence-corrected chi connectivity index (χ0v) is 19.8. The summed E-state index contributed by atoms with van der Waals surface area (Å²) < 4.78 is 1.07. The van der Waals surface area contributed by atoms with Gasteiger partial charge in [0.2, 0.25) is 11.2 Å². The molecule has 0 N–H and O–H groups in total. The minimum atomic E-state index is 0.549. The van der Waals surface area contributed by atoms with Crippen LogP contribution in [-0.2, 0) is 0 Å². The molecule has 3 heteroatoms. The molecule has 0 aliphatic heterocycles. The Balaban J connectivity index is 1.68. The van der Waals surface area contributed by atoms with Crippen molar-refractivity contribution in [3.05, 3.63) is 127 Å². The third-order valence-corrected chi connectivity index (χ3v) is 7.65. The van der Waals surface area contributed by atoms with Crippen LogP contribution >= 0.6 is 0 Å². The molecule has 8 aromatic rings. The summed E-state index contributed by atoms with van der Waals surface area (Å²) in [6.45, 7) is 0. The van der Waals surface area contributed by atoms with Gasteiger partial charge in [-0.1, -0.05) is 84.9 Å². The lowest BCUT2D eigenvalue weighted by atomic mass is 9.88. The van der Waals surface area contributed by atoms with Gasteiger partial charge in [-0.2, -0.15) is 4.73 Å². The van der Waals surface area contributed by atoms with Crippen molar-refractivity contribution in [2.24, 2.45) is 0 Å².